The van der Waals surface area contributed by atoms with E-state index in [9.17, 15) is 9.18 Å². The quantitative estimate of drug-likeness (QED) is 0.380. The Balaban J connectivity index is 1.65. The lowest BCUT2D eigenvalue weighted by molar-refractivity contribution is -0.137. The van der Waals surface area contributed by atoms with E-state index in [1.165, 1.54) is 12.3 Å². The summed E-state index contributed by atoms with van der Waals surface area (Å²) in [4.78, 5) is 15.2. The van der Waals surface area contributed by atoms with Crippen molar-refractivity contribution in [3.8, 4) is 34.0 Å². The van der Waals surface area contributed by atoms with Crippen LogP contribution in [0.15, 0.2) is 73.1 Å². The van der Waals surface area contributed by atoms with Gasteiger partial charge in [-0.25, -0.2) is 9.37 Å². The molecule has 0 saturated carbocycles. The second-order valence-corrected chi connectivity index (χ2v) is 7.33. The highest BCUT2D eigenvalue weighted by Crippen LogP contribution is 2.32. The lowest BCUT2D eigenvalue weighted by Crippen LogP contribution is -2.26. The number of ether oxygens (including phenoxy) is 1. The van der Waals surface area contributed by atoms with Crippen molar-refractivity contribution in [2.75, 3.05) is 0 Å². The number of rotatable bonds is 8. The van der Waals surface area contributed by atoms with Crippen LogP contribution in [0.2, 0.25) is 0 Å². The number of benzene rings is 2. The SMILES string of the molecule is NC(CC(=O)O)Cc1cc(-c2ccccc2)ccc1Oc1ncc(-c2ccn[nH]2)cc1F. The van der Waals surface area contributed by atoms with Crippen molar-refractivity contribution in [3.63, 3.8) is 0 Å². The number of carbonyl (C=O) groups is 1. The molecule has 7 nitrogen and oxygen atoms in total. The van der Waals surface area contributed by atoms with Crippen LogP contribution in [-0.2, 0) is 11.2 Å². The number of aromatic nitrogens is 3. The van der Waals surface area contributed by atoms with Gasteiger partial charge in [0.15, 0.2) is 5.82 Å². The molecule has 162 valence electrons. The predicted molar refractivity (Wildman–Crippen MR) is 118 cm³/mol. The number of nitrogens with two attached hydrogens (primary N) is 1. The van der Waals surface area contributed by atoms with E-state index in [2.05, 4.69) is 15.2 Å². The monoisotopic (exact) mass is 432 g/mol. The first-order valence-electron chi connectivity index (χ1n) is 9.98. The van der Waals surface area contributed by atoms with Gasteiger partial charge in [0, 0.05) is 24.0 Å². The van der Waals surface area contributed by atoms with Crippen LogP contribution in [0.3, 0.4) is 0 Å². The number of halogens is 1. The molecule has 0 aliphatic heterocycles. The van der Waals surface area contributed by atoms with Crippen molar-refractivity contribution >= 4 is 5.97 Å². The molecular weight excluding hydrogens is 411 g/mol. The third-order valence-corrected chi connectivity index (χ3v) is 4.91. The smallest absolute Gasteiger partial charge is 0.304 e. The lowest BCUT2D eigenvalue weighted by Gasteiger charge is -2.16. The average molecular weight is 432 g/mol. The minimum absolute atomic E-state index is 0.186. The third-order valence-electron chi connectivity index (χ3n) is 4.91. The number of aliphatic carboxylic acids is 1. The Morgan fingerprint density at radius 1 is 1.09 bits per heavy atom. The molecule has 0 radical (unpaired) electrons. The Bertz CT molecular complexity index is 1210. The van der Waals surface area contributed by atoms with Gasteiger partial charge in [0.2, 0.25) is 0 Å². The summed E-state index contributed by atoms with van der Waals surface area (Å²) in [5.74, 6) is -1.44. The van der Waals surface area contributed by atoms with Crippen molar-refractivity contribution in [1.29, 1.82) is 0 Å². The van der Waals surface area contributed by atoms with Gasteiger partial charge >= 0.3 is 5.97 Å². The largest absolute Gasteiger partial charge is 0.481 e. The number of carboxylic acid groups (broad SMARTS) is 1. The van der Waals surface area contributed by atoms with Crippen molar-refractivity contribution in [3.05, 3.63) is 84.4 Å². The Morgan fingerprint density at radius 2 is 1.91 bits per heavy atom. The molecule has 0 aliphatic carbocycles. The zero-order chi connectivity index (χ0) is 22.5. The summed E-state index contributed by atoms with van der Waals surface area (Å²) in [6.07, 6.45) is 3.11. The van der Waals surface area contributed by atoms with Gasteiger partial charge in [-0.05, 0) is 47.4 Å². The molecule has 0 aliphatic rings. The Kier molecular flexibility index (Phi) is 6.23. The molecule has 0 amide bonds. The summed E-state index contributed by atoms with van der Waals surface area (Å²) < 4.78 is 20.5. The maximum absolute atomic E-state index is 14.7. The van der Waals surface area contributed by atoms with Crippen LogP contribution >= 0.6 is 0 Å². The number of hydrogen-bond donors (Lipinski definition) is 3. The van der Waals surface area contributed by atoms with Gasteiger partial charge in [0.1, 0.15) is 5.75 Å². The molecule has 8 heteroatoms. The van der Waals surface area contributed by atoms with Gasteiger partial charge in [0.05, 0.1) is 12.1 Å². The fourth-order valence-electron chi connectivity index (χ4n) is 3.40. The molecule has 4 N–H and O–H groups in total. The summed E-state index contributed by atoms with van der Waals surface area (Å²) >= 11 is 0. The van der Waals surface area contributed by atoms with Crippen molar-refractivity contribution < 1.29 is 19.0 Å². The molecule has 0 spiro atoms. The number of hydrogen-bond acceptors (Lipinski definition) is 5. The minimum Gasteiger partial charge on any atom is -0.481 e. The number of aromatic amines is 1. The van der Waals surface area contributed by atoms with Gasteiger partial charge in [0.25, 0.3) is 5.88 Å². The maximum Gasteiger partial charge on any atom is 0.304 e. The highest BCUT2D eigenvalue weighted by Gasteiger charge is 2.17. The third kappa shape index (κ3) is 4.98. The Morgan fingerprint density at radius 3 is 2.59 bits per heavy atom. The topological polar surface area (TPSA) is 114 Å². The van der Waals surface area contributed by atoms with E-state index in [1.54, 1.807) is 18.3 Å². The van der Waals surface area contributed by atoms with E-state index >= 15 is 0 Å². The normalized spacial score (nSPS) is 11.8. The molecule has 2 heterocycles. The second-order valence-electron chi connectivity index (χ2n) is 7.33. The minimum atomic E-state index is -0.985. The van der Waals surface area contributed by atoms with Crippen LogP contribution in [0.1, 0.15) is 12.0 Å². The summed E-state index contributed by atoms with van der Waals surface area (Å²) in [6, 6.07) is 17.6. The van der Waals surface area contributed by atoms with E-state index in [4.69, 9.17) is 15.6 Å². The summed E-state index contributed by atoms with van der Waals surface area (Å²) in [6.45, 7) is 0. The first-order chi connectivity index (χ1) is 15.5. The van der Waals surface area contributed by atoms with Gasteiger partial charge in [-0.2, -0.15) is 5.10 Å². The standard InChI is InChI=1S/C24H21FN4O3/c25-20-12-18(21-8-9-28-29-21)14-27-24(20)32-22-7-6-16(15-4-2-1-3-5-15)10-17(22)11-19(26)13-23(30)31/h1-10,12,14,19H,11,13,26H2,(H,28,29)(H,30,31). The molecule has 0 saturated heterocycles. The van der Waals surface area contributed by atoms with E-state index in [0.29, 0.717) is 22.6 Å². The van der Waals surface area contributed by atoms with Gasteiger partial charge in [-0.15, -0.1) is 0 Å². The lowest BCUT2D eigenvalue weighted by atomic mass is 9.97. The van der Waals surface area contributed by atoms with Crippen LogP contribution in [0.5, 0.6) is 11.6 Å². The molecule has 4 aromatic rings. The van der Waals surface area contributed by atoms with Crippen LogP contribution in [-0.4, -0.2) is 32.3 Å². The van der Waals surface area contributed by atoms with Crippen molar-refractivity contribution in [2.45, 2.75) is 18.9 Å². The van der Waals surface area contributed by atoms with Crippen molar-refractivity contribution in [2.24, 2.45) is 5.73 Å². The molecule has 32 heavy (non-hydrogen) atoms. The van der Waals surface area contributed by atoms with Crippen LogP contribution in [0.4, 0.5) is 4.39 Å². The van der Waals surface area contributed by atoms with E-state index in [1.807, 2.05) is 42.5 Å². The molecule has 1 atom stereocenters. The summed E-state index contributed by atoms with van der Waals surface area (Å²) in [5.41, 5.74) is 9.77. The van der Waals surface area contributed by atoms with Gasteiger partial charge in [-0.3, -0.25) is 9.89 Å². The van der Waals surface area contributed by atoms with E-state index in [0.717, 1.165) is 11.1 Å². The Hall–Kier alpha value is -4.04. The molecule has 0 bridgehead atoms. The number of nitrogens with one attached hydrogen (secondary N) is 1. The number of nitrogens with zero attached hydrogens (tertiary/aromatic N) is 2. The summed E-state index contributed by atoms with van der Waals surface area (Å²) in [5, 5.41) is 15.7. The second kappa shape index (κ2) is 9.40. The highest BCUT2D eigenvalue weighted by molar-refractivity contribution is 5.68. The Labute approximate surface area is 183 Å². The molecule has 0 fully saturated rings. The van der Waals surface area contributed by atoms with Crippen LogP contribution in [0.25, 0.3) is 22.4 Å². The highest BCUT2D eigenvalue weighted by atomic mass is 19.1. The fourth-order valence-corrected chi connectivity index (χ4v) is 3.40. The number of pyridine rings is 1. The van der Waals surface area contributed by atoms with Crippen molar-refractivity contribution in [1.82, 2.24) is 15.2 Å². The van der Waals surface area contributed by atoms with E-state index in [-0.39, 0.29) is 18.7 Å². The maximum atomic E-state index is 14.7. The average Bonchev–Trinajstić information content (AvgIpc) is 3.31. The zero-order valence-electron chi connectivity index (χ0n) is 17.0. The van der Waals surface area contributed by atoms with Gasteiger partial charge < -0.3 is 15.6 Å². The fraction of sp³-hybridized carbons (Fsp3) is 0.125. The summed E-state index contributed by atoms with van der Waals surface area (Å²) in [7, 11) is 0. The van der Waals surface area contributed by atoms with E-state index < -0.39 is 17.8 Å². The number of carboxylic acids is 1. The van der Waals surface area contributed by atoms with Gasteiger partial charge in [-0.1, -0.05) is 36.4 Å². The zero-order valence-corrected chi connectivity index (χ0v) is 17.0. The molecular formula is C24H21FN4O3. The number of H-pyrrole nitrogens is 1. The first kappa shape index (κ1) is 21.2. The van der Waals surface area contributed by atoms with Crippen LogP contribution < -0.4 is 10.5 Å². The predicted octanol–water partition coefficient (Wildman–Crippen LogP) is 4.41. The molecule has 1 unspecified atom stereocenters. The molecule has 4 rings (SSSR count). The molecule has 2 aromatic carbocycles. The first-order valence-corrected chi connectivity index (χ1v) is 9.98. The van der Waals surface area contributed by atoms with Crippen LogP contribution in [0, 0.1) is 5.82 Å². The molecule has 2 aromatic heterocycles.